The van der Waals surface area contributed by atoms with Crippen LogP contribution in [-0.2, 0) is 9.47 Å². The van der Waals surface area contributed by atoms with Crippen molar-refractivity contribution in [3.63, 3.8) is 0 Å². The van der Waals surface area contributed by atoms with Gasteiger partial charge in [-0.1, -0.05) is 20.3 Å². The van der Waals surface area contributed by atoms with E-state index in [9.17, 15) is 15.3 Å². The molecule has 2 fully saturated rings. The summed E-state index contributed by atoms with van der Waals surface area (Å²) in [6, 6.07) is 0. The lowest BCUT2D eigenvalue weighted by molar-refractivity contribution is -0.204. The van der Waals surface area contributed by atoms with Crippen LogP contribution in [0.4, 0.5) is 0 Å². The Hall–Kier alpha value is 0.500. The average Bonchev–Trinajstić information content (AvgIpc) is 2.96. The number of hydrogen-bond acceptors (Lipinski definition) is 7. The average molecular weight is 367 g/mol. The number of aliphatic hydroxyl groups is 3. The van der Waals surface area contributed by atoms with Gasteiger partial charge in [-0.3, -0.25) is 0 Å². The van der Waals surface area contributed by atoms with Crippen molar-refractivity contribution in [1.29, 1.82) is 0 Å². The zero-order valence-corrected chi connectivity index (χ0v) is 15.7. The highest BCUT2D eigenvalue weighted by atomic mass is 32.2. The van der Waals surface area contributed by atoms with Crippen LogP contribution in [0.3, 0.4) is 0 Å². The predicted molar refractivity (Wildman–Crippen MR) is 94.7 cm³/mol. The first kappa shape index (κ1) is 19.8. The first-order chi connectivity index (χ1) is 11.0. The topological polar surface area (TPSA) is 79.2 Å². The van der Waals surface area contributed by atoms with Crippen LogP contribution in [0.25, 0.3) is 0 Å². The highest BCUT2D eigenvalue weighted by molar-refractivity contribution is 8.17. The quantitative estimate of drug-likeness (QED) is 0.567. The van der Waals surface area contributed by atoms with Crippen LogP contribution in [0.5, 0.6) is 0 Å². The van der Waals surface area contributed by atoms with Crippen LogP contribution in [0.2, 0.25) is 0 Å². The van der Waals surface area contributed by atoms with E-state index in [2.05, 4.69) is 0 Å². The Morgan fingerprint density at radius 2 is 1.61 bits per heavy atom. The molecule has 1 heterocycles. The summed E-state index contributed by atoms with van der Waals surface area (Å²) in [4.78, 5) is 0. The van der Waals surface area contributed by atoms with Crippen molar-refractivity contribution in [3.8, 4) is 0 Å². The Kier molecular flexibility index (Phi) is 7.99. The summed E-state index contributed by atoms with van der Waals surface area (Å²) >= 11 is 3.18. The number of thioether (sulfide) groups is 2. The van der Waals surface area contributed by atoms with Crippen LogP contribution in [-0.4, -0.2) is 68.2 Å². The highest BCUT2D eigenvalue weighted by Gasteiger charge is 2.47. The van der Waals surface area contributed by atoms with Crippen molar-refractivity contribution < 1.29 is 24.8 Å². The van der Waals surface area contributed by atoms with Gasteiger partial charge in [0, 0.05) is 12.8 Å². The van der Waals surface area contributed by atoms with Crippen molar-refractivity contribution >= 4 is 23.5 Å². The molecule has 0 bridgehead atoms. The molecule has 0 aromatic rings. The summed E-state index contributed by atoms with van der Waals surface area (Å²) in [6.45, 7) is 4.31. The maximum absolute atomic E-state index is 10.5. The summed E-state index contributed by atoms with van der Waals surface area (Å²) in [6.07, 6.45) is 1.07. The van der Waals surface area contributed by atoms with Gasteiger partial charge in [0.1, 0.15) is 24.4 Å². The fourth-order valence-corrected chi connectivity index (χ4v) is 5.83. The molecule has 1 aliphatic carbocycles. The molecule has 3 N–H and O–H groups in total. The molecule has 0 aromatic carbocycles. The normalized spacial score (nSPS) is 28.2. The van der Waals surface area contributed by atoms with Gasteiger partial charge in [0.25, 0.3) is 0 Å². The minimum absolute atomic E-state index is 0.152. The SMILES string of the molecule is CCSC(SCC)C(O)C(O)C(O)C1COC2(CCCCC2)O1. The van der Waals surface area contributed by atoms with E-state index in [1.807, 2.05) is 13.8 Å². The molecule has 1 spiro atoms. The zero-order chi connectivity index (χ0) is 16.9. The van der Waals surface area contributed by atoms with Crippen molar-refractivity contribution in [1.82, 2.24) is 0 Å². The first-order valence-corrected chi connectivity index (χ1v) is 10.7. The molecule has 2 rings (SSSR count). The Morgan fingerprint density at radius 1 is 1.00 bits per heavy atom. The monoisotopic (exact) mass is 366 g/mol. The largest absolute Gasteiger partial charge is 0.388 e. The van der Waals surface area contributed by atoms with E-state index in [1.54, 1.807) is 23.5 Å². The van der Waals surface area contributed by atoms with Gasteiger partial charge in [0.2, 0.25) is 0 Å². The van der Waals surface area contributed by atoms with E-state index in [1.165, 1.54) is 6.42 Å². The van der Waals surface area contributed by atoms with Crippen LogP contribution in [0, 0.1) is 0 Å². The number of ether oxygens (including phenoxy) is 2. The Labute approximate surface area is 147 Å². The summed E-state index contributed by atoms with van der Waals surface area (Å²) in [5, 5.41) is 31.3. The zero-order valence-electron chi connectivity index (χ0n) is 14.0. The van der Waals surface area contributed by atoms with Gasteiger partial charge in [-0.25, -0.2) is 0 Å². The molecule has 1 aliphatic heterocycles. The van der Waals surface area contributed by atoms with E-state index in [-0.39, 0.29) is 11.2 Å². The minimum atomic E-state index is -1.23. The van der Waals surface area contributed by atoms with Gasteiger partial charge in [-0.15, -0.1) is 23.5 Å². The lowest BCUT2D eigenvalue weighted by atomic mass is 9.94. The Morgan fingerprint density at radius 3 is 2.17 bits per heavy atom. The van der Waals surface area contributed by atoms with Gasteiger partial charge in [-0.2, -0.15) is 0 Å². The third-order valence-electron chi connectivity index (χ3n) is 4.51. The Bertz CT molecular complexity index is 345. The fraction of sp³-hybridized carbons (Fsp3) is 1.00. The van der Waals surface area contributed by atoms with Gasteiger partial charge < -0.3 is 24.8 Å². The van der Waals surface area contributed by atoms with Crippen LogP contribution in [0.15, 0.2) is 0 Å². The fourth-order valence-electron chi connectivity index (χ4n) is 3.26. The lowest BCUT2D eigenvalue weighted by Gasteiger charge is -2.34. The summed E-state index contributed by atoms with van der Waals surface area (Å²) < 4.78 is 11.6. The van der Waals surface area contributed by atoms with E-state index in [0.717, 1.165) is 37.2 Å². The summed E-state index contributed by atoms with van der Waals surface area (Å²) in [5.41, 5.74) is 0. The second-order valence-corrected chi connectivity index (χ2v) is 9.33. The number of hydrogen-bond donors (Lipinski definition) is 3. The number of aliphatic hydroxyl groups excluding tert-OH is 3. The first-order valence-electron chi connectivity index (χ1n) is 8.62. The maximum Gasteiger partial charge on any atom is 0.169 e. The van der Waals surface area contributed by atoms with Gasteiger partial charge in [-0.05, 0) is 24.3 Å². The molecule has 0 radical (unpaired) electrons. The maximum atomic E-state index is 10.5. The minimum Gasteiger partial charge on any atom is -0.388 e. The second kappa shape index (κ2) is 9.27. The molecule has 5 nitrogen and oxygen atoms in total. The van der Waals surface area contributed by atoms with E-state index in [4.69, 9.17) is 9.47 Å². The molecule has 0 amide bonds. The van der Waals surface area contributed by atoms with Gasteiger partial charge in [0.05, 0.1) is 11.2 Å². The second-order valence-electron chi connectivity index (χ2n) is 6.19. The third kappa shape index (κ3) is 5.00. The molecule has 0 aromatic heterocycles. The molecule has 136 valence electrons. The number of rotatable bonds is 8. The lowest BCUT2D eigenvalue weighted by Crippen LogP contribution is -2.49. The van der Waals surface area contributed by atoms with E-state index in [0.29, 0.717) is 0 Å². The molecular weight excluding hydrogens is 336 g/mol. The predicted octanol–water partition coefficient (Wildman–Crippen LogP) is 1.98. The van der Waals surface area contributed by atoms with Gasteiger partial charge in [0.15, 0.2) is 5.79 Å². The molecule has 23 heavy (non-hydrogen) atoms. The molecule has 4 atom stereocenters. The summed E-state index contributed by atoms with van der Waals surface area (Å²) in [7, 11) is 0. The molecule has 2 aliphatic rings. The standard InChI is InChI=1S/C16H30O5S2/c1-3-22-15(23-4-2)14(19)13(18)12(17)11-10-20-16(21-11)8-6-5-7-9-16/h11-15,17-19H,3-10H2,1-2H3. The van der Waals surface area contributed by atoms with Crippen molar-refractivity contribution in [2.45, 2.75) is 80.7 Å². The smallest absolute Gasteiger partial charge is 0.169 e. The van der Waals surface area contributed by atoms with Crippen molar-refractivity contribution in [3.05, 3.63) is 0 Å². The van der Waals surface area contributed by atoms with E-state index >= 15 is 0 Å². The molecule has 1 saturated carbocycles. The van der Waals surface area contributed by atoms with E-state index < -0.39 is 30.2 Å². The molecule has 7 heteroatoms. The van der Waals surface area contributed by atoms with Crippen molar-refractivity contribution in [2.24, 2.45) is 0 Å². The third-order valence-corrected chi connectivity index (χ3v) is 7.21. The van der Waals surface area contributed by atoms with Crippen LogP contribution in [0.1, 0.15) is 46.0 Å². The molecular formula is C16H30O5S2. The highest BCUT2D eigenvalue weighted by Crippen LogP contribution is 2.39. The summed E-state index contributed by atoms with van der Waals surface area (Å²) in [5.74, 6) is 1.12. The molecule has 4 unspecified atom stereocenters. The van der Waals surface area contributed by atoms with Crippen molar-refractivity contribution in [2.75, 3.05) is 18.1 Å². The van der Waals surface area contributed by atoms with Crippen LogP contribution < -0.4 is 0 Å². The molecule has 1 saturated heterocycles. The van der Waals surface area contributed by atoms with Gasteiger partial charge >= 0.3 is 0 Å². The Balaban J connectivity index is 1.92. The van der Waals surface area contributed by atoms with Crippen LogP contribution >= 0.6 is 23.5 Å².